The number of carbonyl (C=O) groups excluding carboxylic acids is 1. The van der Waals surface area contributed by atoms with E-state index in [4.69, 9.17) is 11.6 Å². The zero-order valence-corrected chi connectivity index (χ0v) is 11.7. The third kappa shape index (κ3) is 3.56. The van der Waals surface area contributed by atoms with Crippen molar-refractivity contribution >= 4 is 17.5 Å². The van der Waals surface area contributed by atoms with Crippen molar-refractivity contribution in [2.75, 3.05) is 0 Å². The molecule has 2 unspecified atom stereocenters. The number of benzene rings is 1. The molecule has 2 aromatic rings. The average molecular weight is 291 g/mol. The van der Waals surface area contributed by atoms with E-state index < -0.39 is 12.1 Å². The van der Waals surface area contributed by atoms with Gasteiger partial charge in [0.05, 0.1) is 12.1 Å². The molecule has 4 nitrogen and oxygen atoms in total. The van der Waals surface area contributed by atoms with Crippen LogP contribution in [-0.4, -0.2) is 22.0 Å². The number of nitrogens with one attached hydrogen (secondary N) is 1. The molecule has 2 rings (SSSR count). The summed E-state index contributed by atoms with van der Waals surface area (Å²) in [5.74, 6) is -0.314. The van der Waals surface area contributed by atoms with E-state index in [1.807, 2.05) is 0 Å². The van der Waals surface area contributed by atoms with E-state index in [2.05, 4.69) is 10.3 Å². The predicted octanol–water partition coefficient (Wildman–Crippen LogP) is 2.59. The van der Waals surface area contributed by atoms with E-state index in [0.29, 0.717) is 16.3 Å². The van der Waals surface area contributed by atoms with Crippen molar-refractivity contribution < 1.29 is 9.90 Å². The molecule has 0 saturated heterocycles. The van der Waals surface area contributed by atoms with Crippen molar-refractivity contribution in [1.82, 2.24) is 10.3 Å². The molecule has 2 N–H and O–H groups in total. The highest BCUT2D eigenvalue weighted by atomic mass is 35.5. The normalized spacial score (nSPS) is 13.6. The number of carbonyl (C=O) groups is 1. The molecule has 0 radical (unpaired) electrons. The highest BCUT2D eigenvalue weighted by Crippen LogP contribution is 2.19. The molecule has 1 aromatic carbocycles. The van der Waals surface area contributed by atoms with Gasteiger partial charge in [0.25, 0.3) is 5.91 Å². The summed E-state index contributed by atoms with van der Waals surface area (Å²) in [5, 5.41) is 13.5. The van der Waals surface area contributed by atoms with Crippen LogP contribution in [0.1, 0.15) is 29.1 Å². The number of amides is 1. The summed E-state index contributed by atoms with van der Waals surface area (Å²) in [6, 6.07) is 11.5. The van der Waals surface area contributed by atoms with Crippen molar-refractivity contribution in [3.63, 3.8) is 0 Å². The third-order valence-electron chi connectivity index (χ3n) is 2.94. The van der Waals surface area contributed by atoms with Gasteiger partial charge in [-0.25, -0.2) is 0 Å². The smallest absolute Gasteiger partial charge is 0.270 e. The van der Waals surface area contributed by atoms with Gasteiger partial charge in [-0.2, -0.15) is 0 Å². The summed E-state index contributed by atoms with van der Waals surface area (Å²) < 4.78 is 0. The van der Waals surface area contributed by atoms with Crippen molar-refractivity contribution in [2.45, 2.75) is 19.1 Å². The summed E-state index contributed by atoms with van der Waals surface area (Å²) in [4.78, 5) is 15.9. The van der Waals surface area contributed by atoms with Crippen LogP contribution in [0.15, 0.2) is 48.7 Å². The van der Waals surface area contributed by atoms with Crippen LogP contribution in [0, 0.1) is 0 Å². The van der Waals surface area contributed by atoms with Crippen LogP contribution in [0.2, 0.25) is 5.02 Å². The number of hydrogen-bond acceptors (Lipinski definition) is 3. The highest BCUT2D eigenvalue weighted by Gasteiger charge is 2.19. The molecule has 0 aliphatic heterocycles. The second kappa shape index (κ2) is 6.50. The second-order valence-electron chi connectivity index (χ2n) is 4.47. The lowest BCUT2D eigenvalue weighted by Crippen LogP contribution is -2.37. The summed E-state index contributed by atoms with van der Waals surface area (Å²) in [6.45, 7) is 1.74. The molecule has 1 aromatic heterocycles. The quantitative estimate of drug-likeness (QED) is 0.910. The van der Waals surface area contributed by atoms with Gasteiger partial charge in [-0.1, -0.05) is 29.8 Å². The number of hydrogen-bond donors (Lipinski definition) is 2. The number of halogens is 1. The molecule has 0 fully saturated rings. The maximum atomic E-state index is 11.9. The fraction of sp³-hybridized carbons (Fsp3) is 0.200. The molecule has 0 aliphatic rings. The van der Waals surface area contributed by atoms with Crippen molar-refractivity contribution in [3.05, 3.63) is 64.9 Å². The Labute approximate surface area is 122 Å². The van der Waals surface area contributed by atoms with Crippen LogP contribution >= 0.6 is 11.6 Å². The Bertz CT molecular complexity index is 572. The van der Waals surface area contributed by atoms with Gasteiger partial charge in [0.15, 0.2) is 0 Å². The first-order chi connectivity index (χ1) is 9.58. The number of aliphatic hydroxyl groups is 1. The van der Waals surface area contributed by atoms with Crippen LogP contribution in [0.5, 0.6) is 0 Å². The summed E-state index contributed by atoms with van der Waals surface area (Å²) >= 11 is 5.80. The van der Waals surface area contributed by atoms with Gasteiger partial charge in [0.1, 0.15) is 5.69 Å². The largest absolute Gasteiger partial charge is 0.386 e. The minimum atomic E-state index is -0.806. The van der Waals surface area contributed by atoms with Crippen LogP contribution < -0.4 is 5.32 Å². The van der Waals surface area contributed by atoms with Gasteiger partial charge in [0.2, 0.25) is 0 Å². The molecule has 20 heavy (non-hydrogen) atoms. The second-order valence-corrected chi connectivity index (χ2v) is 4.91. The van der Waals surface area contributed by atoms with Crippen LogP contribution in [0.3, 0.4) is 0 Å². The zero-order valence-electron chi connectivity index (χ0n) is 11.0. The van der Waals surface area contributed by atoms with Crippen molar-refractivity contribution in [1.29, 1.82) is 0 Å². The number of aliphatic hydroxyl groups excluding tert-OH is 1. The molecule has 104 valence electrons. The lowest BCUT2D eigenvalue weighted by atomic mass is 10.0. The molecule has 0 aliphatic carbocycles. The molecule has 0 spiro atoms. The number of pyridine rings is 1. The monoisotopic (exact) mass is 290 g/mol. The van der Waals surface area contributed by atoms with Gasteiger partial charge >= 0.3 is 0 Å². The molecule has 1 amide bonds. The Morgan fingerprint density at radius 2 is 1.95 bits per heavy atom. The summed E-state index contributed by atoms with van der Waals surface area (Å²) in [7, 11) is 0. The van der Waals surface area contributed by atoms with E-state index >= 15 is 0 Å². The Kier molecular flexibility index (Phi) is 4.71. The lowest BCUT2D eigenvalue weighted by Gasteiger charge is -2.20. The van der Waals surface area contributed by atoms with Gasteiger partial charge in [-0.3, -0.25) is 9.78 Å². The van der Waals surface area contributed by atoms with Crippen LogP contribution in [-0.2, 0) is 0 Å². The maximum Gasteiger partial charge on any atom is 0.270 e. The highest BCUT2D eigenvalue weighted by molar-refractivity contribution is 6.30. The number of rotatable bonds is 4. The minimum absolute atomic E-state index is 0.314. The van der Waals surface area contributed by atoms with Gasteiger partial charge in [0, 0.05) is 11.2 Å². The summed E-state index contributed by atoms with van der Waals surface area (Å²) in [6.07, 6.45) is 0.745. The van der Waals surface area contributed by atoms with E-state index in [-0.39, 0.29) is 5.91 Å². The molecule has 5 heteroatoms. The molecule has 0 saturated carbocycles. The first kappa shape index (κ1) is 14.5. The first-order valence-electron chi connectivity index (χ1n) is 6.23. The average Bonchev–Trinajstić information content (AvgIpc) is 2.48. The Morgan fingerprint density at radius 1 is 1.25 bits per heavy atom. The lowest BCUT2D eigenvalue weighted by molar-refractivity contribution is 0.0847. The standard InChI is InChI=1S/C15H15ClN2O2/c1-10(14(19)11-5-7-12(16)8-6-11)18-15(20)13-4-2-3-9-17-13/h2-10,14,19H,1H3,(H,18,20). The maximum absolute atomic E-state index is 11.9. The molecule has 2 atom stereocenters. The van der Waals surface area contributed by atoms with Gasteiger partial charge in [-0.05, 0) is 36.8 Å². The predicted molar refractivity (Wildman–Crippen MR) is 77.6 cm³/mol. The zero-order chi connectivity index (χ0) is 14.5. The van der Waals surface area contributed by atoms with E-state index in [1.54, 1.807) is 55.6 Å². The third-order valence-corrected chi connectivity index (χ3v) is 3.19. The Balaban J connectivity index is 2.02. The molecule has 1 heterocycles. The van der Waals surface area contributed by atoms with Crippen molar-refractivity contribution in [2.24, 2.45) is 0 Å². The van der Waals surface area contributed by atoms with Gasteiger partial charge in [-0.15, -0.1) is 0 Å². The number of aromatic nitrogens is 1. The van der Waals surface area contributed by atoms with E-state index in [9.17, 15) is 9.90 Å². The fourth-order valence-electron chi connectivity index (χ4n) is 1.81. The first-order valence-corrected chi connectivity index (χ1v) is 6.61. The Hall–Kier alpha value is -1.91. The fourth-order valence-corrected chi connectivity index (χ4v) is 1.93. The topological polar surface area (TPSA) is 62.2 Å². The SMILES string of the molecule is CC(NC(=O)c1ccccn1)C(O)c1ccc(Cl)cc1. The van der Waals surface area contributed by atoms with Gasteiger partial charge < -0.3 is 10.4 Å². The molecular weight excluding hydrogens is 276 g/mol. The number of nitrogens with zero attached hydrogens (tertiary/aromatic N) is 1. The minimum Gasteiger partial charge on any atom is -0.386 e. The molecular formula is C15H15ClN2O2. The molecule has 0 bridgehead atoms. The summed E-state index contributed by atoms with van der Waals surface area (Å²) in [5.41, 5.74) is 1.02. The van der Waals surface area contributed by atoms with E-state index in [0.717, 1.165) is 0 Å². The van der Waals surface area contributed by atoms with Crippen LogP contribution in [0.4, 0.5) is 0 Å². The van der Waals surface area contributed by atoms with E-state index in [1.165, 1.54) is 0 Å². The van der Waals surface area contributed by atoms with Crippen molar-refractivity contribution in [3.8, 4) is 0 Å². The Morgan fingerprint density at radius 3 is 2.55 bits per heavy atom. The van der Waals surface area contributed by atoms with Crippen LogP contribution in [0.25, 0.3) is 0 Å².